The number of benzene rings is 2. The number of nitrogen functional groups attached to an aromatic ring is 1. The number of rotatable bonds is 3. The fourth-order valence-corrected chi connectivity index (χ4v) is 2.22. The molecule has 1 heterocycles. The SMILES string of the molecule is COc1cc(Cl)c(C)cc1Nc1ccc(N)c2nonc12. The molecular weight excluding hydrogens is 292 g/mol. The first-order valence-corrected chi connectivity index (χ1v) is 6.60. The number of hydrogen-bond donors (Lipinski definition) is 2. The van der Waals surface area contributed by atoms with Gasteiger partial charge in [-0.25, -0.2) is 4.63 Å². The molecule has 0 bridgehead atoms. The van der Waals surface area contributed by atoms with Crippen molar-refractivity contribution in [2.24, 2.45) is 0 Å². The molecule has 3 rings (SSSR count). The van der Waals surface area contributed by atoms with Gasteiger partial charge >= 0.3 is 0 Å². The monoisotopic (exact) mass is 304 g/mol. The summed E-state index contributed by atoms with van der Waals surface area (Å²) in [4.78, 5) is 0. The Morgan fingerprint density at radius 2 is 1.95 bits per heavy atom. The van der Waals surface area contributed by atoms with Crippen molar-refractivity contribution >= 4 is 39.7 Å². The Bertz CT molecular complexity index is 816. The summed E-state index contributed by atoms with van der Waals surface area (Å²) >= 11 is 6.10. The molecule has 6 nitrogen and oxygen atoms in total. The molecule has 0 saturated heterocycles. The molecular formula is C14H13ClN4O2. The van der Waals surface area contributed by atoms with Crippen molar-refractivity contribution in [1.29, 1.82) is 0 Å². The summed E-state index contributed by atoms with van der Waals surface area (Å²) in [5.74, 6) is 0.632. The van der Waals surface area contributed by atoms with E-state index in [1.165, 1.54) is 0 Å². The third-order valence-electron chi connectivity index (χ3n) is 3.20. The Balaban J connectivity index is 2.08. The molecule has 3 aromatic rings. The third-order valence-corrected chi connectivity index (χ3v) is 3.60. The van der Waals surface area contributed by atoms with Crippen LogP contribution in [0.5, 0.6) is 5.75 Å². The van der Waals surface area contributed by atoms with E-state index in [0.29, 0.717) is 27.5 Å². The van der Waals surface area contributed by atoms with Crippen LogP contribution in [0.3, 0.4) is 0 Å². The topological polar surface area (TPSA) is 86.2 Å². The Labute approximate surface area is 125 Å². The Kier molecular flexibility index (Phi) is 3.31. The number of methoxy groups -OCH3 is 1. The first-order chi connectivity index (χ1) is 10.1. The van der Waals surface area contributed by atoms with Crippen LogP contribution < -0.4 is 15.8 Å². The number of halogens is 1. The van der Waals surface area contributed by atoms with E-state index in [0.717, 1.165) is 16.9 Å². The van der Waals surface area contributed by atoms with E-state index in [9.17, 15) is 0 Å². The second-order valence-electron chi connectivity index (χ2n) is 4.59. The highest BCUT2D eigenvalue weighted by Crippen LogP contribution is 2.35. The summed E-state index contributed by atoms with van der Waals surface area (Å²) in [5, 5.41) is 11.6. The Hall–Kier alpha value is -2.47. The van der Waals surface area contributed by atoms with Gasteiger partial charge in [0.05, 0.1) is 24.2 Å². The van der Waals surface area contributed by atoms with Gasteiger partial charge in [0.15, 0.2) is 11.0 Å². The lowest BCUT2D eigenvalue weighted by Gasteiger charge is -2.13. The maximum Gasteiger partial charge on any atom is 0.160 e. The van der Waals surface area contributed by atoms with E-state index in [1.807, 2.05) is 19.1 Å². The minimum absolute atomic E-state index is 0.510. The quantitative estimate of drug-likeness (QED) is 0.720. The average Bonchev–Trinajstić information content (AvgIpc) is 2.96. The zero-order chi connectivity index (χ0) is 15.0. The molecule has 7 heteroatoms. The lowest BCUT2D eigenvalue weighted by atomic mass is 10.2. The Morgan fingerprint density at radius 1 is 1.19 bits per heavy atom. The molecule has 3 N–H and O–H groups in total. The van der Waals surface area contributed by atoms with Crippen LogP contribution in [0.1, 0.15) is 5.56 Å². The summed E-state index contributed by atoms with van der Waals surface area (Å²) in [6.07, 6.45) is 0. The van der Waals surface area contributed by atoms with Crippen LogP contribution in [0.2, 0.25) is 5.02 Å². The van der Waals surface area contributed by atoms with Gasteiger partial charge in [-0.2, -0.15) is 0 Å². The summed E-state index contributed by atoms with van der Waals surface area (Å²) in [5.41, 5.74) is 9.85. The van der Waals surface area contributed by atoms with Crippen molar-refractivity contribution in [2.75, 3.05) is 18.2 Å². The van der Waals surface area contributed by atoms with Gasteiger partial charge in [0.1, 0.15) is 5.75 Å². The third kappa shape index (κ3) is 2.34. The number of anilines is 3. The normalized spacial score (nSPS) is 10.8. The molecule has 21 heavy (non-hydrogen) atoms. The van der Waals surface area contributed by atoms with E-state index in [4.69, 9.17) is 26.7 Å². The molecule has 0 saturated carbocycles. The number of ether oxygens (including phenoxy) is 1. The zero-order valence-corrected chi connectivity index (χ0v) is 12.2. The van der Waals surface area contributed by atoms with Gasteiger partial charge in [-0.1, -0.05) is 11.6 Å². The molecule has 0 unspecified atom stereocenters. The van der Waals surface area contributed by atoms with Gasteiger partial charge in [0.2, 0.25) is 0 Å². The van der Waals surface area contributed by atoms with Crippen molar-refractivity contribution in [3.8, 4) is 5.75 Å². The van der Waals surface area contributed by atoms with Crippen LogP contribution in [0.4, 0.5) is 17.1 Å². The van der Waals surface area contributed by atoms with Gasteiger partial charge in [-0.05, 0) is 41.0 Å². The molecule has 0 spiro atoms. The van der Waals surface area contributed by atoms with Crippen LogP contribution >= 0.6 is 11.6 Å². The maximum atomic E-state index is 6.10. The molecule has 0 radical (unpaired) electrons. The second-order valence-corrected chi connectivity index (χ2v) is 5.00. The number of nitrogens with one attached hydrogen (secondary N) is 1. The van der Waals surface area contributed by atoms with E-state index in [2.05, 4.69) is 15.6 Å². The van der Waals surface area contributed by atoms with Crippen LogP contribution in [0.25, 0.3) is 11.0 Å². The minimum Gasteiger partial charge on any atom is -0.495 e. The van der Waals surface area contributed by atoms with E-state index < -0.39 is 0 Å². The first kappa shape index (κ1) is 13.5. The predicted octanol–water partition coefficient (Wildman–Crippen LogP) is 3.52. The molecule has 0 atom stereocenters. The van der Waals surface area contributed by atoms with Crippen LogP contribution in [0, 0.1) is 6.92 Å². The molecule has 108 valence electrons. The average molecular weight is 305 g/mol. The number of aromatic nitrogens is 2. The summed E-state index contributed by atoms with van der Waals surface area (Å²) in [7, 11) is 1.59. The summed E-state index contributed by atoms with van der Waals surface area (Å²) < 4.78 is 10.1. The van der Waals surface area contributed by atoms with E-state index >= 15 is 0 Å². The maximum absolute atomic E-state index is 6.10. The minimum atomic E-state index is 0.510. The largest absolute Gasteiger partial charge is 0.495 e. The zero-order valence-electron chi connectivity index (χ0n) is 11.5. The Morgan fingerprint density at radius 3 is 2.71 bits per heavy atom. The predicted molar refractivity (Wildman–Crippen MR) is 82.2 cm³/mol. The van der Waals surface area contributed by atoms with E-state index in [-0.39, 0.29) is 0 Å². The van der Waals surface area contributed by atoms with Gasteiger partial charge in [-0.15, -0.1) is 0 Å². The summed E-state index contributed by atoms with van der Waals surface area (Å²) in [6.45, 7) is 1.92. The highest BCUT2D eigenvalue weighted by atomic mass is 35.5. The van der Waals surface area contributed by atoms with Crippen molar-refractivity contribution in [3.63, 3.8) is 0 Å². The van der Waals surface area contributed by atoms with Gasteiger partial charge in [0.25, 0.3) is 0 Å². The van der Waals surface area contributed by atoms with Crippen molar-refractivity contribution in [1.82, 2.24) is 10.3 Å². The standard InChI is InChI=1S/C14H13ClN4O2/c1-7-5-11(12(20-2)6-8(7)15)17-10-4-3-9(16)13-14(10)19-21-18-13/h3-6,17H,16H2,1-2H3. The van der Waals surface area contributed by atoms with Gasteiger partial charge in [-0.3, -0.25) is 0 Å². The number of aryl methyl sites for hydroxylation is 1. The first-order valence-electron chi connectivity index (χ1n) is 6.22. The molecule has 2 aromatic carbocycles. The lowest BCUT2D eigenvalue weighted by molar-refractivity contribution is 0.316. The molecule has 0 aliphatic rings. The molecule has 1 aromatic heterocycles. The van der Waals surface area contributed by atoms with Gasteiger partial charge in [0, 0.05) is 11.1 Å². The fraction of sp³-hybridized carbons (Fsp3) is 0.143. The fourth-order valence-electron chi connectivity index (χ4n) is 2.06. The van der Waals surface area contributed by atoms with Crippen LogP contribution in [0.15, 0.2) is 28.9 Å². The van der Waals surface area contributed by atoms with Crippen LogP contribution in [-0.2, 0) is 0 Å². The molecule has 0 amide bonds. The highest BCUT2D eigenvalue weighted by Gasteiger charge is 2.13. The number of nitrogens with two attached hydrogens (primary N) is 1. The van der Waals surface area contributed by atoms with Crippen LogP contribution in [-0.4, -0.2) is 17.4 Å². The second kappa shape index (κ2) is 5.14. The number of nitrogens with zero attached hydrogens (tertiary/aromatic N) is 2. The lowest BCUT2D eigenvalue weighted by Crippen LogP contribution is -1.97. The summed E-state index contributed by atoms with van der Waals surface area (Å²) in [6, 6.07) is 7.21. The van der Waals surface area contributed by atoms with Crippen molar-refractivity contribution < 1.29 is 9.37 Å². The molecule has 0 aliphatic carbocycles. The molecule has 0 fully saturated rings. The van der Waals surface area contributed by atoms with Crippen molar-refractivity contribution in [2.45, 2.75) is 6.92 Å². The molecule has 0 aliphatic heterocycles. The number of hydrogen-bond acceptors (Lipinski definition) is 6. The number of fused-ring (bicyclic) bond motifs is 1. The highest BCUT2D eigenvalue weighted by molar-refractivity contribution is 6.31. The van der Waals surface area contributed by atoms with Gasteiger partial charge < -0.3 is 15.8 Å². The van der Waals surface area contributed by atoms with Crippen molar-refractivity contribution in [3.05, 3.63) is 34.9 Å². The van der Waals surface area contributed by atoms with E-state index in [1.54, 1.807) is 19.2 Å². The smallest absolute Gasteiger partial charge is 0.160 e.